The highest BCUT2D eigenvalue weighted by Crippen LogP contribution is 2.44. The standard InChI is InChI=1S/C39H59NO12/c41-39(52-32-37-35-10-3-1-8-33(35)34-9-2-4-11-36(34)37)40-13-7-14-42-16-17-43-18-19-44-20-21-45-22-23-46-24-25-47-26-27-48-28-29-49-30-31-51-38-12-5-6-15-50-38/h1-4,8-11,37-38H,5-7,12-32H2,(H,40,41). The minimum atomic E-state index is -0.413. The second kappa shape index (κ2) is 27.9. The summed E-state index contributed by atoms with van der Waals surface area (Å²) in [5.41, 5.74) is 4.81. The van der Waals surface area contributed by atoms with Gasteiger partial charge in [0, 0.05) is 25.7 Å². The Morgan fingerprint density at radius 2 is 1.02 bits per heavy atom. The number of benzene rings is 2. The number of carbonyl (C=O) groups is 1. The molecule has 13 heteroatoms. The molecule has 1 fully saturated rings. The zero-order chi connectivity index (χ0) is 36.2. The van der Waals surface area contributed by atoms with Crippen molar-refractivity contribution in [1.29, 1.82) is 0 Å². The number of rotatable bonds is 31. The molecular weight excluding hydrogens is 674 g/mol. The molecule has 292 valence electrons. The van der Waals surface area contributed by atoms with Crippen molar-refractivity contribution in [2.75, 3.05) is 132 Å². The Morgan fingerprint density at radius 1 is 0.577 bits per heavy atom. The van der Waals surface area contributed by atoms with Gasteiger partial charge >= 0.3 is 6.09 Å². The zero-order valence-corrected chi connectivity index (χ0v) is 30.6. The molecule has 1 N–H and O–H groups in total. The third kappa shape index (κ3) is 17.4. The molecule has 1 saturated heterocycles. The van der Waals surface area contributed by atoms with Crippen LogP contribution in [0.3, 0.4) is 0 Å². The van der Waals surface area contributed by atoms with Crippen LogP contribution >= 0.6 is 0 Å². The summed E-state index contributed by atoms with van der Waals surface area (Å²) in [6, 6.07) is 16.6. The van der Waals surface area contributed by atoms with Crippen LogP contribution in [0.25, 0.3) is 11.1 Å². The molecule has 1 aliphatic heterocycles. The molecule has 1 heterocycles. The average Bonchev–Trinajstić information content (AvgIpc) is 3.50. The molecule has 52 heavy (non-hydrogen) atoms. The maximum Gasteiger partial charge on any atom is 0.407 e. The first-order chi connectivity index (χ1) is 25.8. The van der Waals surface area contributed by atoms with Crippen LogP contribution in [-0.2, 0) is 52.1 Å². The van der Waals surface area contributed by atoms with E-state index in [1.54, 1.807) is 0 Å². The van der Waals surface area contributed by atoms with E-state index in [0.717, 1.165) is 25.9 Å². The van der Waals surface area contributed by atoms with E-state index in [-0.39, 0.29) is 12.2 Å². The molecule has 1 aliphatic carbocycles. The molecule has 2 aliphatic rings. The Morgan fingerprint density at radius 3 is 1.48 bits per heavy atom. The van der Waals surface area contributed by atoms with Crippen LogP contribution in [0.2, 0.25) is 0 Å². The van der Waals surface area contributed by atoms with Gasteiger partial charge in [0.25, 0.3) is 0 Å². The van der Waals surface area contributed by atoms with Gasteiger partial charge in [-0.05, 0) is 47.9 Å². The van der Waals surface area contributed by atoms with Crippen LogP contribution in [0.15, 0.2) is 48.5 Å². The molecule has 0 aromatic heterocycles. The van der Waals surface area contributed by atoms with Gasteiger partial charge in [0.1, 0.15) is 6.61 Å². The Labute approximate surface area is 308 Å². The number of fused-ring (bicyclic) bond motifs is 3. The summed E-state index contributed by atoms with van der Waals surface area (Å²) in [7, 11) is 0. The number of ether oxygens (including phenoxy) is 11. The second-order valence-corrected chi connectivity index (χ2v) is 12.2. The topological polar surface area (TPSA) is 131 Å². The molecule has 4 rings (SSSR count). The third-order valence-electron chi connectivity index (χ3n) is 8.35. The Hall–Kier alpha value is -2.69. The summed E-state index contributed by atoms with van der Waals surface area (Å²) in [5, 5.41) is 2.81. The fraction of sp³-hybridized carbons (Fsp3) is 0.667. The number of amides is 1. The minimum absolute atomic E-state index is 0.0519. The van der Waals surface area contributed by atoms with Gasteiger partial charge in [0.2, 0.25) is 0 Å². The van der Waals surface area contributed by atoms with Crippen molar-refractivity contribution in [3.05, 3.63) is 59.7 Å². The molecule has 2 aromatic rings. The second-order valence-electron chi connectivity index (χ2n) is 12.2. The van der Waals surface area contributed by atoms with E-state index < -0.39 is 6.09 Å². The lowest BCUT2D eigenvalue weighted by Gasteiger charge is -2.22. The van der Waals surface area contributed by atoms with Crippen molar-refractivity contribution >= 4 is 6.09 Å². The summed E-state index contributed by atoms with van der Waals surface area (Å²) < 4.78 is 60.8. The number of hydrogen-bond donors (Lipinski definition) is 1. The van der Waals surface area contributed by atoms with Crippen LogP contribution in [-0.4, -0.2) is 144 Å². The van der Waals surface area contributed by atoms with E-state index in [2.05, 4.69) is 29.6 Å². The SMILES string of the molecule is O=C(NCCCOCCOCCOCCOCCOCCOCCOCCOCCOC1CCCCO1)OCC1c2ccccc2-c2ccccc21. The van der Waals surface area contributed by atoms with Gasteiger partial charge in [-0.2, -0.15) is 0 Å². The monoisotopic (exact) mass is 733 g/mol. The predicted molar refractivity (Wildman–Crippen MR) is 194 cm³/mol. The maximum absolute atomic E-state index is 12.3. The minimum Gasteiger partial charge on any atom is -0.449 e. The smallest absolute Gasteiger partial charge is 0.407 e. The lowest BCUT2D eigenvalue weighted by atomic mass is 9.98. The van der Waals surface area contributed by atoms with Gasteiger partial charge in [-0.25, -0.2) is 4.79 Å². The van der Waals surface area contributed by atoms with E-state index in [9.17, 15) is 4.79 Å². The Bertz CT molecular complexity index is 1150. The lowest BCUT2D eigenvalue weighted by Crippen LogP contribution is -2.27. The van der Waals surface area contributed by atoms with Crippen LogP contribution in [0, 0.1) is 0 Å². The van der Waals surface area contributed by atoms with Crippen LogP contribution in [0.4, 0.5) is 4.79 Å². The zero-order valence-electron chi connectivity index (χ0n) is 30.6. The molecular formula is C39H59NO12. The van der Waals surface area contributed by atoms with Crippen molar-refractivity contribution in [2.45, 2.75) is 37.9 Å². The summed E-state index contributed by atoms with van der Waals surface area (Å²) in [6.07, 6.45) is 3.45. The Kier molecular flexibility index (Phi) is 22.5. The quantitative estimate of drug-likeness (QED) is 0.109. The van der Waals surface area contributed by atoms with Gasteiger partial charge in [-0.3, -0.25) is 0 Å². The summed E-state index contributed by atoms with van der Waals surface area (Å²) in [6.45, 7) is 10.2. The molecule has 13 nitrogen and oxygen atoms in total. The summed E-state index contributed by atoms with van der Waals surface area (Å²) in [4.78, 5) is 12.3. The van der Waals surface area contributed by atoms with Crippen molar-refractivity contribution < 1.29 is 56.9 Å². The van der Waals surface area contributed by atoms with Crippen molar-refractivity contribution in [1.82, 2.24) is 5.32 Å². The molecule has 1 unspecified atom stereocenters. The fourth-order valence-corrected chi connectivity index (χ4v) is 5.74. The van der Waals surface area contributed by atoms with Gasteiger partial charge in [0.15, 0.2) is 6.29 Å². The number of nitrogens with one attached hydrogen (secondary N) is 1. The maximum atomic E-state index is 12.3. The molecule has 1 atom stereocenters. The van der Waals surface area contributed by atoms with E-state index in [0.29, 0.717) is 132 Å². The van der Waals surface area contributed by atoms with E-state index in [1.807, 2.05) is 24.3 Å². The first kappa shape index (κ1) is 42.1. The summed E-state index contributed by atoms with van der Waals surface area (Å²) >= 11 is 0. The number of hydrogen-bond acceptors (Lipinski definition) is 12. The average molecular weight is 734 g/mol. The third-order valence-corrected chi connectivity index (χ3v) is 8.35. The van der Waals surface area contributed by atoms with Crippen molar-refractivity contribution in [3.8, 4) is 11.1 Å². The van der Waals surface area contributed by atoms with Crippen molar-refractivity contribution in [3.63, 3.8) is 0 Å². The highest BCUT2D eigenvalue weighted by Gasteiger charge is 2.29. The van der Waals surface area contributed by atoms with Crippen molar-refractivity contribution in [2.24, 2.45) is 0 Å². The van der Waals surface area contributed by atoms with Gasteiger partial charge in [-0.15, -0.1) is 0 Å². The van der Waals surface area contributed by atoms with Gasteiger partial charge in [0.05, 0.1) is 106 Å². The van der Waals surface area contributed by atoms with Crippen LogP contribution < -0.4 is 5.32 Å². The van der Waals surface area contributed by atoms with Gasteiger partial charge in [-0.1, -0.05) is 48.5 Å². The number of carbonyl (C=O) groups excluding carboxylic acids is 1. The highest BCUT2D eigenvalue weighted by atomic mass is 16.7. The van der Waals surface area contributed by atoms with Crippen LogP contribution in [0.1, 0.15) is 42.7 Å². The number of alkyl carbamates (subject to hydrolysis) is 1. The van der Waals surface area contributed by atoms with E-state index >= 15 is 0 Å². The molecule has 2 aromatic carbocycles. The molecule has 0 radical (unpaired) electrons. The Balaban J connectivity index is 0.799. The molecule has 0 bridgehead atoms. The van der Waals surface area contributed by atoms with Crippen LogP contribution in [0.5, 0.6) is 0 Å². The fourth-order valence-electron chi connectivity index (χ4n) is 5.74. The highest BCUT2D eigenvalue weighted by molar-refractivity contribution is 5.79. The first-order valence-electron chi connectivity index (χ1n) is 18.8. The first-order valence-corrected chi connectivity index (χ1v) is 18.8. The van der Waals surface area contributed by atoms with E-state index in [4.69, 9.17) is 52.1 Å². The largest absolute Gasteiger partial charge is 0.449 e. The molecule has 0 saturated carbocycles. The lowest BCUT2D eigenvalue weighted by molar-refractivity contribution is -0.169. The molecule has 0 spiro atoms. The van der Waals surface area contributed by atoms with Gasteiger partial charge < -0.3 is 57.4 Å². The van der Waals surface area contributed by atoms with E-state index in [1.165, 1.54) is 22.3 Å². The normalized spacial score (nSPS) is 15.4. The summed E-state index contributed by atoms with van der Waals surface area (Å²) in [5.74, 6) is 0.0519. The molecule has 1 amide bonds. The predicted octanol–water partition coefficient (Wildman–Crippen LogP) is 4.59.